The maximum atomic E-state index is 5.69. The number of fused-ring (bicyclic) bond motifs is 1. The number of rotatable bonds is 3. The molecule has 0 bridgehead atoms. The van der Waals surface area contributed by atoms with Crippen molar-refractivity contribution in [3.63, 3.8) is 0 Å². The van der Waals surface area contributed by atoms with Gasteiger partial charge in [0.15, 0.2) is 0 Å². The van der Waals surface area contributed by atoms with Gasteiger partial charge in [-0.15, -0.1) is 0 Å². The Morgan fingerprint density at radius 1 is 0.842 bits per heavy atom. The number of ether oxygens (including phenoxy) is 1. The van der Waals surface area contributed by atoms with Crippen molar-refractivity contribution in [1.29, 1.82) is 0 Å². The number of hydrazine groups is 1. The van der Waals surface area contributed by atoms with Gasteiger partial charge in [-0.3, -0.25) is 0 Å². The fourth-order valence-electron chi connectivity index (χ4n) is 1.75. The Balaban J connectivity index is 2.06. The standard InChI is InChI=1S/C14H12N4O/c15-18-13-14(19-10-6-2-1-3-7-10)17-12-9-5-4-8-11(12)16-13/h1-9H,15H2,(H,16,18). The van der Waals surface area contributed by atoms with E-state index in [9.17, 15) is 0 Å². The van der Waals surface area contributed by atoms with Gasteiger partial charge in [0.25, 0.3) is 5.88 Å². The Hall–Kier alpha value is -2.66. The Morgan fingerprint density at radius 2 is 1.47 bits per heavy atom. The highest BCUT2D eigenvalue weighted by Gasteiger charge is 2.09. The van der Waals surface area contributed by atoms with E-state index in [0.29, 0.717) is 17.4 Å². The third-order valence-electron chi connectivity index (χ3n) is 2.63. The molecule has 0 atom stereocenters. The number of aromatic nitrogens is 2. The smallest absolute Gasteiger partial charge is 0.264 e. The van der Waals surface area contributed by atoms with Crippen molar-refractivity contribution >= 4 is 16.9 Å². The minimum atomic E-state index is 0.354. The van der Waals surface area contributed by atoms with Crippen molar-refractivity contribution in [2.24, 2.45) is 5.84 Å². The molecular weight excluding hydrogens is 240 g/mol. The molecule has 0 spiro atoms. The molecule has 94 valence electrons. The molecule has 3 N–H and O–H groups in total. The molecule has 5 heteroatoms. The van der Waals surface area contributed by atoms with Gasteiger partial charge < -0.3 is 10.2 Å². The van der Waals surface area contributed by atoms with Crippen LogP contribution in [0.25, 0.3) is 11.0 Å². The molecule has 0 aliphatic rings. The molecule has 0 unspecified atom stereocenters. The van der Waals surface area contributed by atoms with Gasteiger partial charge in [0, 0.05) is 0 Å². The highest BCUT2D eigenvalue weighted by molar-refractivity contribution is 5.77. The minimum absolute atomic E-state index is 0.354. The van der Waals surface area contributed by atoms with E-state index in [0.717, 1.165) is 11.0 Å². The van der Waals surface area contributed by atoms with Gasteiger partial charge in [0.1, 0.15) is 5.75 Å². The first kappa shape index (κ1) is 11.4. The lowest BCUT2D eigenvalue weighted by Gasteiger charge is -2.09. The SMILES string of the molecule is NNc1nc2ccccc2nc1Oc1ccccc1. The average molecular weight is 252 g/mol. The second-order valence-electron chi connectivity index (χ2n) is 3.93. The van der Waals surface area contributed by atoms with Crippen LogP contribution in [0.2, 0.25) is 0 Å². The molecule has 0 aliphatic carbocycles. The van der Waals surface area contributed by atoms with Gasteiger partial charge in [-0.2, -0.15) is 0 Å². The molecular formula is C14H12N4O. The summed E-state index contributed by atoms with van der Waals surface area (Å²) in [5.41, 5.74) is 4.03. The van der Waals surface area contributed by atoms with Crippen molar-refractivity contribution in [3.8, 4) is 11.6 Å². The molecule has 1 heterocycles. The van der Waals surface area contributed by atoms with Gasteiger partial charge in [0.2, 0.25) is 5.82 Å². The van der Waals surface area contributed by atoms with Crippen molar-refractivity contribution < 1.29 is 4.74 Å². The first-order valence-corrected chi connectivity index (χ1v) is 5.83. The summed E-state index contributed by atoms with van der Waals surface area (Å²) in [6, 6.07) is 16.9. The van der Waals surface area contributed by atoms with Crippen LogP contribution in [-0.2, 0) is 0 Å². The lowest BCUT2D eigenvalue weighted by molar-refractivity contribution is 0.465. The summed E-state index contributed by atoms with van der Waals surface area (Å²) in [7, 11) is 0. The summed E-state index contributed by atoms with van der Waals surface area (Å²) in [4.78, 5) is 8.78. The highest BCUT2D eigenvalue weighted by atomic mass is 16.5. The third-order valence-corrected chi connectivity index (χ3v) is 2.63. The van der Waals surface area contributed by atoms with Crippen molar-refractivity contribution in [3.05, 3.63) is 54.6 Å². The summed E-state index contributed by atoms with van der Waals surface area (Å²) < 4.78 is 5.69. The van der Waals surface area contributed by atoms with E-state index in [1.165, 1.54) is 0 Å². The molecule has 2 aromatic carbocycles. The predicted octanol–water partition coefficient (Wildman–Crippen LogP) is 2.71. The third kappa shape index (κ3) is 2.31. The first-order chi connectivity index (χ1) is 9.36. The minimum Gasteiger partial charge on any atom is -0.436 e. The number of nitrogens with zero attached hydrogens (tertiary/aromatic N) is 2. The van der Waals surface area contributed by atoms with Gasteiger partial charge in [-0.05, 0) is 24.3 Å². The second-order valence-corrected chi connectivity index (χ2v) is 3.93. The number of nitrogen functional groups attached to an aromatic ring is 1. The Morgan fingerprint density at radius 3 is 2.16 bits per heavy atom. The number of nitrogens with two attached hydrogens (primary N) is 1. The number of para-hydroxylation sites is 3. The largest absolute Gasteiger partial charge is 0.436 e. The highest BCUT2D eigenvalue weighted by Crippen LogP contribution is 2.27. The fraction of sp³-hybridized carbons (Fsp3) is 0. The Kier molecular flexibility index (Phi) is 2.96. The topological polar surface area (TPSA) is 73.1 Å². The maximum absolute atomic E-state index is 5.69. The Bertz CT molecular complexity index is 700. The zero-order valence-corrected chi connectivity index (χ0v) is 10.1. The molecule has 0 fully saturated rings. The molecule has 3 aromatic rings. The average Bonchev–Trinajstić information content (AvgIpc) is 2.47. The van der Waals surface area contributed by atoms with Crippen LogP contribution in [0.3, 0.4) is 0 Å². The van der Waals surface area contributed by atoms with Crippen LogP contribution in [0.15, 0.2) is 54.6 Å². The van der Waals surface area contributed by atoms with Crippen LogP contribution >= 0.6 is 0 Å². The molecule has 0 saturated carbocycles. The molecule has 5 nitrogen and oxygen atoms in total. The molecule has 1 aromatic heterocycles. The maximum Gasteiger partial charge on any atom is 0.264 e. The monoisotopic (exact) mass is 252 g/mol. The van der Waals surface area contributed by atoms with Crippen molar-refractivity contribution in [1.82, 2.24) is 9.97 Å². The molecule has 0 aliphatic heterocycles. The number of hydrogen-bond acceptors (Lipinski definition) is 5. The predicted molar refractivity (Wildman–Crippen MR) is 73.9 cm³/mol. The lowest BCUT2D eigenvalue weighted by Crippen LogP contribution is -2.10. The van der Waals surface area contributed by atoms with E-state index in [2.05, 4.69) is 15.4 Å². The Labute approximate surface area is 110 Å². The molecule has 3 rings (SSSR count). The molecule has 0 saturated heterocycles. The van der Waals surface area contributed by atoms with Crippen LogP contribution in [0.1, 0.15) is 0 Å². The van der Waals surface area contributed by atoms with E-state index in [1.807, 2.05) is 54.6 Å². The van der Waals surface area contributed by atoms with Gasteiger partial charge in [-0.25, -0.2) is 15.8 Å². The van der Waals surface area contributed by atoms with Crippen LogP contribution in [0.4, 0.5) is 5.82 Å². The molecule has 19 heavy (non-hydrogen) atoms. The number of benzene rings is 2. The summed E-state index contributed by atoms with van der Waals surface area (Å²) in [5, 5.41) is 0. The lowest BCUT2D eigenvalue weighted by atomic mass is 10.3. The van der Waals surface area contributed by atoms with Crippen molar-refractivity contribution in [2.75, 3.05) is 5.43 Å². The quantitative estimate of drug-likeness (QED) is 0.554. The van der Waals surface area contributed by atoms with Crippen LogP contribution in [0, 0.1) is 0 Å². The van der Waals surface area contributed by atoms with E-state index in [-0.39, 0.29) is 0 Å². The van der Waals surface area contributed by atoms with Crippen LogP contribution < -0.4 is 16.0 Å². The second kappa shape index (κ2) is 4.91. The zero-order valence-electron chi connectivity index (χ0n) is 10.1. The fourth-order valence-corrected chi connectivity index (χ4v) is 1.75. The van der Waals surface area contributed by atoms with E-state index in [1.54, 1.807) is 0 Å². The van der Waals surface area contributed by atoms with Gasteiger partial charge >= 0.3 is 0 Å². The zero-order chi connectivity index (χ0) is 13.1. The van der Waals surface area contributed by atoms with E-state index in [4.69, 9.17) is 10.6 Å². The molecule has 0 radical (unpaired) electrons. The van der Waals surface area contributed by atoms with Crippen LogP contribution in [0.5, 0.6) is 11.6 Å². The summed E-state index contributed by atoms with van der Waals surface area (Å²) in [5.74, 6) is 6.91. The van der Waals surface area contributed by atoms with Gasteiger partial charge in [0.05, 0.1) is 11.0 Å². The first-order valence-electron chi connectivity index (χ1n) is 5.83. The summed E-state index contributed by atoms with van der Waals surface area (Å²) >= 11 is 0. The normalized spacial score (nSPS) is 10.4. The number of hydrogen-bond donors (Lipinski definition) is 2. The molecule has 0 amide bonds. The summed E-state index contributed by atoms with van der Waals surface area (Å²) in [6.07, 6.45) is 0. The summed E-state index contributed by atoms with van der Waals surface area (Å²) in [6.45, 7) is 0. The number of anilines is 1. The van der Waals surface area contributed by atoms with Crippen molar-refractivity contribution in [2.45, 2.75) is 0 Å². The van der Waals surface area contributed by atoms with E-state index >= 15 is 0 Å². The van der Waals surface area contributed by atoms with E-state index < -0.39 is 0 Å². The number of nitrogens with one attached hydrogen (secondary N) is 1. The van der Waals surface area contributed by atoms with Gasteiger partial charge in [-0.1, -0.05) is 30.3 Å². The van der Waals surface area contributed by atoms with Crippen LogP contribution in [-0.4, -0.2) is 9.97 Å².